The molecule has 6 heteroatoms. The first-order chi connectivity index (χ1) is 8.43. The van der Waals surface area contributed by atoms with Crippen LogP contribution in [0.3, 0.4) is 0 Å². The number of nitrogen functional groups attached to an aromatic ring is 1. The summed E-state index contributed by atoms with van der Waals surface area (Å²) in [4.78, 5) is 15.8. The van der Waals surface area contributed by atoms with Gasteiger partial charge in [0, 0.05) is 10.7 Å². The van der Waals surface area contributed by atoms with Crippen molar-refractivity contribution in [3.05, 3.63) is 16.7 Å². The van der Waals surface area contributed by atoms with Crippen molar-refractivity contribution in [3.8, 4) is 0 Å². The molecule has 0 aromatic carbocycles. The van der Waals surface area contributed by atoms with Gasteiger partial charge in [0.15, 0.2) is 0 Å². The van der Waals surface area contributed by atoms with E-state index in [9.17, 15) is 4.79 Å². The summed E-state index contributed by atoms with van der Waals surface area (Å²) in [6.07, 6.45) is 2.28. The van der Waals surface area contributed by atoms with E-state index in [4.69, 9.17) is 10.5 Å². The lowest BCUT2D eigenvalue weighted by Crippen LogP contribution is -2.32. The summed E-state index contributed by atoms with van der Waals surface area (Å²) in [6.45, 7) is 4.08. The smallest absolute Gasteiger partial charge is 0.328 e. The zero-order valence-corrected chi connectivity index (χ0v) is 12.3. The van der Waals surface area contributed by atoms with Crippen LogP contribution < -0.4 is 11.1 Å². The maximum absolute atomic E-state index is 11.7. The molecule has 1 aromatic rings. The molecule has 0 aliphatic heterocycles. The molecule has 0 fully saturated rings. The highest BCUT2D eigenvalue weighted by Crippen LogP contribution is 2.22. The van der Waals surface area contributed by atoms with Crippen molar-refractivity contribution in [1.29, 1.82) is 0 Å². The van der Waals surface area contributed by atoms with Crippen molar-refractivity contribution >= 4 is 33.4 Å². The van der Waals surface area contributed by atoms with E-state index in [0.717, 1.165) is 4.47 Å². The van der Waals surface area contributed by atoms with Crippen molar-refractivity contribution in [2.75, 3.05) is 18.2 Å². The number of hydrogen-bond acceptors (Lipinski definition) is 5. The molecule has 0 saturated heterocycles. The Labute approximate surface area is 115 Å². The molecular formula is C12H18BrN3O2. The Morgan fingerprint density at radius 2 is 2.28 bits per heavy atom. The normalized spacial score (nSPS) is 12.3. The van der Waals surface area contributed by atoms with E-state index in [0.29, 0.717) is 23.8 Å². The van der Waals surface area contributed by atoms with Gasteiger partial charge in [0.05, 0.1) is 12.8 Å². The molecule has 0 saturated carbocycles. The highest BCUT2D eigenvalue weighted by Gasteiger charge is 2.21. The number of nitrogens with zero attached hydrogens (tertiary/aromatic N) is 1. The Balaban J connectivity index is 2.85. The van der Waals surface area contributed by atoms with Crippen LogP contribution in [0.25, 0.3) is 0 Å². The number of carbonyl (C=O) groups is 1. The van der Waals surface area contributed by atoms with Gasteiger partial charge in [-0.1, -0.05) is 13.8 Å². The summed E-state index contributed by atoms with van der Waals surface area (Å²) in [6, 6.07) is 1.30. The molecule has 0 bridgehead atoms. The number of anilines is 2. The number of nitrogens with one attached hydrogen (secondary N) is 1. The number of aromatic nitrogens is 1. The summed E-state index contributed by atoms with van der Waals surface area (Å²) in [7, 11) is 1.37. The minimum absolute atomic E-state index is 0.312. The Hall–Kier alpha value is -1.30. The molecule has 0 aliphatic carbocycles. The number of halogens is 1. The monoisotopic (exact) mass is 315 g/mol. The van der Waals surface area contributed by atoms with Crippen LogP contribution in [0.1, 0.15) is 20.3 Å². The Morgan fingerprint density at radius 3 is 2.78 bits per heavy atom. The van der Waals surface area contributed by atoms with E-state index in [1.54, 1.807) is 12.3 Å². The number of esters is 1. The minimum atomic E-state index is -0.439. The summed E-state index contributed by atoms with van der Waals surface area (Å²) in [5, 5.41) is 3.03. The van der Waals surface area contributed by atoms with Gasteiger partial charge in [-0.15, -0.1) is 0 Å². The third-order valence-electron chi connectivity index (χ3n) is 2.39. The summed E-state index contributed by atoms with van der Waals surface area (Å²) < 4.78 is 5.57. The molecule has 100 valence electrons. The summed E-state index contributed by atoms with van der Waals surface area (Å²) >= 11 is 3.28. The number of nitrogens with two attached hydrogens (primary N) is 1. The Morgan fingerprint density at radius 1 is 1.61 bits per heavy atom. The van der Waals surface area contributed by atoms with Crippen LogP contribution in [0.4, 0.5) is 11.5 Å². The Bertz CT molecular complexity index is 424. The topological polar surface area (TPSA) is 77.2 Å². The van der Waals surface area contributed by atoms with E-state index in [1.807, 2.05) is 13.8 Å². The molecule has 3 N–H and O–H groups in total. The summed E-state index contributed by atoms with van der Waals surface area (Å²) in [5.74, 6) is 0.542. The molecule has 1 aromatic heterocycles. The first-order valence-electron chi connectivity index (χ1n) is 5.69. The maximum atomic E-state index is 11.7. The van der Waals surface area contributed by atoms with Crippen LogP contribution in [0.15, 0.2) is 16.7 Å². The SMILES string of the molecule is COC(=O)C(CC(C)C)Nc1ncc(Br)cc1N. The lowest BCUT2D eigenvalue weighted by Gasteiger charge is -2.19. The van der Waals surface area contributed by atoms with Crippen molar-refractivity contribution in [2.45, 2.75) is 26.3 Å². The molecule has 5 nitrogen and oxygen atoms in total. The molecule has 18 heavy (non-hydrogen) atoms. The van der Waals surface area contributed by atoms with Crippen LogP contribution >= 0.6 is 15.9 Å². The van der Waals surface area contributed by atoms with Gasteiger partial charge < -0.3 is 15.8 Å². The molecule has 0 amide bonds. The maximum Gasteiger partial charge on any atom is 0.328 e. The Kier molecular flexibility index (Phi) is 5.40. The van der Waals surface area contributed by atoms with E-state index in [2.05, 4.69) is 26.2 Å². The van der Waals surface area contributed by atoms with Gasteiger partial charge in [0.1, 0.15) is 11.9 Å². The van der Waals surface area contributed by atoms with Crippen LogP contribution in [0, 0.1) is 5.92 Å². The average molecular weight is 316 g/mol. The quantitative estimate of drug-likeness (QED) is 0.816. The molecule has 0 spiro atoms. The second-order valence-electron chi connectivity index (χ2n) is 4.44. The molecular weight excluding hydrogens is 298 g/mol. The number of pyridine rings is 1. The van der Waals surface area contributed by atoms with Crippen LogP contribution in [-0.2, 0) is 9.53 Å². The van der Waals surface area contributed by atoms with Gasteiger partial charge in [0.25, 0.3) is 0 Å². The van der Waals surface area contributed by atoms with Crippen molar-refractivity contribution < 1.29 is 9.53 Å². The van der Waals surface area contributed by atoms with Gasteiger partial charge in [-0.3, -0.25) is 0 Å². The first-order valence-corrected chi connectivity index (χ1v) is 6.48. The fourth-order valence-corrected chi connectivity index (χ4v) is 1.92. The highest BCUT2D eigenvalue weighted by molar-refractivity contribution is 9.10. The van der Waals surface area contributed by atoms with Gasteiger partial charge >= 0.3 is 5.97 Å². The van der Waals surface area contributed by atoms with Crippen LogP contribution in [0.2, 0.25) is 0 Å². The van der Waals surface area contributed by atoms with Crippen molar-refractivity contribution in [3.63, 3.8) is 0 Å². The largest absolute Gasteiger partial charge is 0.467 e. The van der Waals surface area contributed by atoms with Crippen molar-refractivity contribution in [1.82, 2.24) is 4.98 Å². The number of rotatable bonds is 5. The van der Waals surface area contributed by atoms with E-state index in [1.165, 1.54) is 7.11 Å². The predicted octanol–water partition coefficient (Wildman–Crippen LogP) is 2.43. The van der Waals surface area contributed by atoms with Gasteiger partial charge in [0.2, 0.25) is 0 Å². The van der Waals surface area contributed by atoms with E-state index in [-0.39, 0.29) is 5.97 Å². The number of ether oxygens (including phenoxy) is 1. The first kappa shape index (κ1) is 14.8. The number of carbonyl (C=O) groups excluding carboxylic acids is 1. The zero-order chi connectivity index (χ0) is 13.7. The third kappa shape index (κ3) is 4.18. The molecule has 1 atom stereocenters. The van der Waals surface area contributed by atoms with Gasteiger partial charge in [-0.25, -0.2) is 9.78 Å². The predicted molar refractivity (Wildman–Crippen MR) is 75.2 cm³/mol. The second kappa shape index (κ2) is 6.58. The molecule has 0 radical (unpaired) electrons. The fraction of sp³-hybridized carbons (Fsp3) is 0.500. The minimum Gasteiger partial charge on any atom is -0.467 e. The van der Waals surface area contributed by atoms with Gasteiger partial charge in [-0.2, -0.15) is 0 Å². The van der Waals surface area contributed by atoms with Gasteiger partial charge in [-0.05, 0) is 34.3 Å². The number of hydrogen-bond donors (Lipinski definition) is 2. The van der Waals surface area contributed by atoms with Crippen LogP contribution in [0.5, 0.6) is 0 Å². The molecule has 0 aliphatic rings. The molecule has 1 unspecified atom stereocenters. The van der Waals surface area contributed by atoms with E-state index >= 15 is 0 Å². The lowest BCUT2D eigenvalue weighted by molar-refractivity contribution is -0.141. The standard InChI is InChI=1S/C12H18BrN3O2/c1-7(2)4-10(12(17)18-3)16-11-9(14)5-8(13)6-15-11/h5-7,10H,4,14H2,1-3H3,(H,15,16). The second-order valence-corrected chi connectivity index (χ2v) is 5.36. The molecule has 1 heterocycles. The average Bonchev–Trinajstić information content (AvgIpc) is 2.30. The third-order valence-corrected chi connectivity index (χ3v) is 2.82. The summed E-state index contributed by atoms with van der Waals surface area (Å²) in [5.41, 5.74) is 6.32. The van der Waals surface area contributed by atoms with Crippen LogP contribution in [-0.4, -0.2) is 24.1 Å². The van der Waals surface area contributed by atoms with E-state index < -0.39 is 6.04 Å². The number of methoxy groups -OCH3 is 1. The fourth-order valence-electron chi connectivity index (χ4n) is 1.57. The lowest BCUT2D eigenvalue weighted by atomic mass is 10.0. The van der Waals surface area contributed by atoms with Crippen molar-refractivity contribution in [2.24, 2.45) is 5.92 Å². The molecule has 1 rings (SSSR count). The zero-order valence-electron chi connectivity index (χ0n) is 10.7. The highest BCUT2D eigenvalue weighted by atomic mass is 79.9.